The lowest BCUT2D eigenvalue weighted by Gasteiger charge is -2.07. The van der Waals surface area contributed by atoms with E-state index in [-0.39, 0.29) is 17.2 Å². The summed E-state index contributed by atoms with van der Waals surface area (Å²) in [6, 6.07) is 13.3. The summed E-state index contributed by atoms with van der Waals surface area (Å²) in [7, 11) is -3.54. The standard InChI is InChI=1S/C18H20ClNO3S/c1-2-3-18(21)15-6-4-14(5-7-15)12-13-20-24(22,23)17-10-8-16(19)9-11-17/h4-11,20H,2-3,12-13H2,1H3. The molecule has 0 saturated heterocycles. The fourth-order valence-electron chi connectivity index (χ4n) is 2.26. The van der Waals surface area contributed by atoms with E-state index in [9.17, 15) is 13.2 Å². The van der Waals surface area contributed by atoms with Crippen molar-refractivity contribution in [2.45, 2.75) is 31.1 Å². The molecule has 2 aromatic rings. The SMILES string of the molecule is CCCC(=O)c1ccc(CCNS(=O)(=O)c2ccc(Cl)cc2)cc1. The minimum absolute atomic E-state index is 0.132. The molecule has 0 radical (unpaired) electrons. The predicted octanol–water partition coefficient (Wildman–Crippen LogP) is 3.84. The van der Waals surface area contributed by atoms with Crippen molar-refractivity contribution < 1.29 is 13.2 Å². The first-order chi connectivity index (χ1) is 11.4. The van der Waals surface area contributed by atoms with E-state index in [2.05, 4.69) is 4.72 Å². The third kappa shape index (κ3) is 5.16. The molecule has 0 heterocycles. The number of carbonyl (C=O) groups excluding carboxylic acids is 1. The normalized spacial score (nSPS) is 11.4. The lowest BCUT2D eigenvalue weighted by atomic mass is 10.0. The van der Waals surface area contributed by atoms with Crippen LogP contribution in [0.5, 0.6) is 0 Å². The molecule has 0 saturated carbocycles. The van der Waals surface area contributed by atoms with Crippen molar-refractivity contribution in [3.63, 3.8) is 0 Å². The maximum Gasteiger partial charge on any atom is 0.240 e. The second-order valence-electron chi connectivity index (χ2n) is 5.47. The molecule has 0 aromatic heterocycles. The number of hydrogen-bond donors (Lipinski definition) is 1. The molecule has 0 aliphatic heterocycles. The van der Waals surface area contributed by atoms with Gasteiger partial charge in [-0.15, -0.1) is 0 Å². The minimum atomic E-state index is -3.54. The summed E-state index contributed by atoms with van der Waals surface area (Å²) < 4.78 is 26.9. The Balaban J connectivity index is 1.91. The smallest absolute Gasteiger partial charge is 0.240 e. The number of rotatable bonds is 8. The summed E-state index contributed by atoms with van der Waals surface area (Å²) in [6.07, 6.45) is 1.92. The van der Waals surface area contributed by atoms with E-state index >= 15 is 0 Å². The molecule has 0 unspecified atom stereocenters. The summed E-state index contributed by atoms with van der Waals surface area (Å²) in [5.41, 5.74) is 1.67. The number of carbonyl (C=O) groups is 1. The highest BCUT2D eigenvalue weighted by Gasteiger charge is 2.13. The Bertz CT molecular complexity index is 784. The fraction of sp³-hybridized carbons (Fsp3) is 0.278. The summed E-state index contributed by atoms with van der Waals surface area (Å²) in [5, 5.41) is 0.492. The number of hydrogen-bond acceptors (Lipinski definition) is 3. The van der Waals surface area contributed by atoms with E-state index in [1.165, 1.54) is 12.1 Å². The van der Waals surface area contributed by atoms with Crippen molar-refractivity contribution in [1.29, 1.82) is 0 Å². The first-order valence-corrected chi connectivity index (χ1v) is 9.66. The van der Waals surface area contributed by atoms with Crippen LogP contribution < -0.4 is 4.72 Å². The van der Waals surface area contributed by atoms with E-state index in [4.69, 9.17) is 11.6 Å². The molecule has 0 amide bonds. The third-order valence-corrected chi connectivity index (χ3v) is 5.31. The van der Waals surface area contributed by atoms with Crippen molar-refractivity contribution in [2.75, 3.05) is 6.54 Å². The molecule has 0 atom stereocenters. The van der Waals surface area contributed by atoms with E-state index in [0.717, 1.165) is 12.0 Å². The molecule has 6 heteroatoms. The monoisotopic (exact) mass is 365 g/mol. The number of nitrogens with one attached hydrogen (secondary N) is 1. The van der Waals surface area contributed by atoms with E-state index in [0.29, 0.717) is 23.4 Å². The van der Waals surface area contributed by atoms with Crippen LogP contribution in [0.1, 0.15) is 35.7 Å². The Kier molecular flexibility index (Phi) is 6.54. The van der Waals surface area contributed by atoms with Gasteiger partial charge in [-0.2, -0.15) is 0 Å². The minimum Gasteiger partial charge on any atom is -0.294 e. The second-order valence-corrected chi connectivity index (χ2v) is 7.68. The van der Waals surface area contributed by atoms with Gasteiger partial charge in [-0.1, -0.05) is 42.8 Å². The predicted molar refractivity (Wildman–Crippen MR) is 96.0 cm³/mol. The maximum absolute atomic E-state index is 12.2. The zero-order valence-corrected chi connectivity index (χ0v) is 15.0. The molecular weight excluding hydrogens is 346 g/mol. The lowest BCUT2D eigenvalue weighted by molar-refractivity contribution is 0.0981. The van der Waals surface area contributed by atoms with Crippen molar-refractivity contribution in [2.24, 2.45) is 0 Å². The van der Waals surface area contributed by atoms with Gasteiger partial charge in [0.05, 0.1) is 4.90 Å². The molecule has 0 bridgehead atoms. The fourth-order valence-corrected chi connectivity index (χ4v) is 3.41. The van der Waals surface area contributed by atoms with Gasteiger partial charge in [0.2, 0.25) is 10.0 Å². The van der Waals surface area contributed by atoms with Crippen LogP contribution >= 0.6 is 11.6 Å². The van der Waals surface area contributed by atoms with Gasteiger partial charge in [-0.05, 0) is 42.7 Å². The first kappa shape index (κ1) is 18.6. The molecule has 2 aromatic carbocycles. The second kappa shape index (κ2) is 8.42. The molecule has 4 nitrogen and oxygen atoms in total. The first-order valence-electron chi connectivity index (χ1n) is 7.80. The molecular formula is C18H20ClNO3S. The van der Waals surface area contributed by atoms with Crippen molar-refractivity contribution in [1.82, 2.24) is 4.72 Å². The van der Waals surface area contributed by atoms with Gasteiger partial charge in [0.15, 0.2) is 5.78 Å². The Hall–Kier alpha value is -1.69. The van der Waals surface area contributed by atoms with Crippen LogP contribution in [0.15, 0.2) is 53.4 Å². The Morgan fingerprint density at radius 3 is 2.25 bits per heavy atom. The zero-order chi connectivity index (χ0) is 17.6. The Morgan fingerprint density at radius 1 is 1.04 bits per heavy atom. The highest BCUT2D eigenvalue weighted by Crippen LogP contribution is 2.14. The van der Waals surface area contributed by atoms with Gasteiger partial charge < -0.3 is 0 Å². The van der Waals surface area contributed by atoms with Gasteiger partial charge in [0.25, 0.3) is 0 Å². The van der Waals surface area contributed by atoms with Crippen LogP contribution in [-0.4, -0.2) is 20.7 Å². The quantitative estimate of drug-likeness (QED) is 0.723. The topological polar surface area (TPSA) is 63.2 Å². The van der Waals surface area contributed by atoms with Crippen molar-refractivity contribution in [3.8, 4) is 0 Å². The van der Waals surface area contributed by atoms with E-state index < -0.39 is 10.0 Å². The van der Waals surface area contributed by atoms with Crippen LogP contribution in [0.3, 0.4) is 0 Å². The van der Waals surface area contributed by atoms with Crippen LogP contribution in [0.25, 0.3) is 0 Å². The largest absolute Gasteiger partial charge is 0.294 e. The van der Waals surface area contributed by atoms with Crippen LogP contribution in [0.2, 0.25) is 5.02 Å². The number of sulfonamides is 1. The average Bonchev–Trinajstić information content (AvgIpc) is 2.56. The molecule has 1 N–H and O–H groups in total. The summed E-state index contributed by atoms with van der Waals surface area (Å²) in [4.78, 5) is 12.0. The number of benzene rings is 2. The molecule has 0 fully saturated rings. The van der Waals surface area contributed by atoms with Gasteiger partial charge in [0.1, 0.15) is 0 Å². The van der Waals surface area contributed by atoms with Crippen LogP contribution in [-0.2, 0) is 16.4 Å². The summed E-state index contributed by atoms with van der Waals surface area (Å²) in [6.45, 7) is 2.26. The van der Waals surface area contributed by atoms with Crippen LogP contribution in [0, 0.1) is 0 Å². The van der Waals surface area contributed by atoms with Gasteiger partial charge in [-0.3, -0.25) is 4.79 Å². The molecule has 24 heavy (non-hydrogen) atoms. The van der Waals surface area contributed by atoms with E-state index in [1.807, 2.05) is 19.1 Å². The number of ketones is 1. The maximum atomic E-state index is 12.2. The molecule has 0 spiro atoms. The number of Topliss-reactive ketones (excluding diaryl/α,β-unsaturated/α-hetero) is 1. The lowest BCUT2D eigenvalue weighted by Crippen LogP contribution is -2.25. The molecule has 2 rings (SSSR count). The van der Waals surface area contributed by atoms with Crippen molar-refractivity contribution >= 4 is 27.4 Å². The zero-order valence-electron chi connectivity index (χ0n) is 13.5. The molecule has 0 aliphatic rings. The van der Waals surface area contributed by atoms with Gasteiger partial charge in [-0.25, -0.2) is 13.1 Å². The third-order valence-electron chi connectivity index (χ3n) is 3.58. The van der Waals surface area contributed by atoms with Crippen molar-refractivity contribution in [3.05, 3.63) is 64.7 Å². The van der Waals surface area contributed by atoms with Gasteiger partial charge in [0, 0.05) is 23.6 Å². The highest BCUT2D eigenvalue weighted by molar-refractivity contribution is 7.89. The average molecular weight is 366 g/mol. The summed E-state index contributed by atoms with van der Waals surface area (Å²) in [5.74, 6) is 0.132. The molecule has 128 valence electrons. The van der Waals surface area contributed by atoms with Crippen LogP contribution in [0.4, 0.5) is 0 Å². The van der Waals surface area contributed by atoms with Gasteiger partial charge >= 0.3 is 0 Å². The molecule has 0 aliphatic carbocycles. The summed E-state index contributed by atoms with van der Waals surface area (Å²) >= 11 is 5.76. The highest BCUT2D eigenvalue weighted by atomic mass is 35.5. The number of halogens is 1. The Morgan fingerprint density at radius 2 is 1.67 bits per heavy atom. The Labute approximate surface area is 147 Å². The van der Waals surface area contributed by atoms with E-state index in [1.54, 1.807) is 24.3 Å².